The summed E-state index contributed by atoms with van der Waals surface area (Å²) in [6.45, 7) is 8.04. The number of carbonyl (C=O) groups is 1. The second-order valence-electron chi connectivity index (χ2n) is 9.17. The maximum atomic E-state index is 12.6. The maximum Gasteiger partial charge on any atom is 0.315 e. The Labute approximate surface area is 180 Å². The highest BCUT2D eigenvalue weighted by atomic mass is 16.2. The van der Waals surface area contributed by atoms with Crippen LogP contribution >= 0.6 is 0 Å². The fourth-order valence-electron chi connectivity index (χ4n) is 4.71. The molecule has 2 aliphatic rings. The third-order valence-corrected chi connectivity index (χ3v) is 7.10. The van der Waals surface area contributed by atoms with Gasteiger partial charge in [-0.25, -0.2) is 4.79 Å². The Morgan fingerprint density at radius 3 is 2.47 bits per heavy atom. The van der Waals surface area contributed by atoms with Crippen LogP contribution in [0.4, 0.5) is 4.79 Å². The molecule has 1 saturated carbocycles. The Morgan fingerprint density at radius 2 is 1.83 bits per heavy atom. The first-order valence-corrected chi connectivity index (χ1v) is 11.3. The Balaban J connectivity index is 1.23. The van der Waals surface area contributed by atoms with Crippen molar-refractivity contribution in [3.05, 3.63) is 65.0 Å². The van der Waals surface area contributed by atoms with E-state index in [0.29, 0.717) is 0 Å². The number of aromatic nitrogens is 1. The number of nitrogens with zero attached hydrogens (tertiary/aromatic N) is 2. The molecule has 0 bridgehead atoms. The van der Waals surface area contributed by atoms with Crippen molar-refractivity contribution in [1.29, 1.82) is 0 Å². The minimum absolute atomic E-state index is 0.0160. The number of rotatable bonds is 6. The summed E-state index contributed by atoms with van der Waals surface area (Å²) < 4.78 is 0. The number of nitrogens with one attached hydrogen (secondary N) is 2. The number of likely N-dealkylation sites (tertiary alicyclic amines) is 1. The molecule has 160 valence electrons. The van der Waals surface area contributed by atoms with Crippen LogP contribution in [0, 0.1) is 13.8 Å². The van der Waals surface area contributed by atoms with Crippen LogP contribution in [0.1, 0.15) is 54.4 Å². The lowest BCUT2D eigenvalue weighted by atomic mass is 9.64. The van der Waals surface area contributed by atoms with E-state index in [0.717, 1.165) is 51.9 Å². The molecule has 1 saturated heterocycles. The van der Waals surface area contributed by atoms with E-state index < -0.39 is 0 Å². The van der Waals surface area contributed by atoms with Crippen LogP contribution in [-0.2, 0) is 12.0 Å². The van der Waals surface area contributed by atoms with Gasteiger partial charge in [0.15, 0.2) is 0 Å². The summed E-state index contributed by atoms with van der Waals surface area (Å²) in [5.74, 6) is 0. The molecule has 4 rings (SSSR count). The van der Waals surface area contributed by atoms with Gasteiger partial charge in [0.2, 0.25) is 0 Å². The summed E-state index contributed by atoms with van der Waals surface area (Å²) in [5, 5.41) is 6.40. The maximum absolute atomic E-state index is 12.6. The highest BCUT2D eigenvalue weighted by Crippen LogP contribution is 2.43. The number of amides is 2. The van der Waals surface area contributed by atoms with Crippen LogP contribution in [0.5, 0.6) is 0 Å². The van der Waals surface area contributed by atoms with E-state index in [4.69, 9.17) is 0 Å². The van der Waals surface area contributed by atoms with Gasteiger partial charge in [0, 0.05) is 50.0 Å². The van der Waals surface area contributed by atoms with Gasteiger partial charge < -0.3 is 10.6 Å². The predicted octanol–water partition coefficient (Wildman–Crippen LogP) is 4.08. The van der Waals surface area contributed by atoms with Gasteiger partial charge in [-0.05, 0) is 73.9 Å². The molecule has 0 radical (unpaired) electrons. The number of carbonyl (C=O) groups excluding carboxylic acids is 1. The zero-order valence-corrected chi connectivity index (χ0v) is 18.3. The quantitative estimate of drug-likeness (QED) is 0.760. The van der Waals surface area contributed by atoms with Gasteiger partial charge in [-0.3, -0.25) is 9.88 Å². The molecular formula is C25H34N4O. The van der Waals surface area contributed by atoms with E-state index in [1.54, 1.807) is 0 Å². The van der Waals surface area contributed by atoms with Crippen molar-refractivity contribution in [1.82, 2.24) is 20.5 Å². The standard InChI is InChI=1S/C25H34N4O/c1-19-4-5-22(16-20(19)2)25(10-3-11-25)18-27-24(30)28-23-8-14-29(15-9-23)17-21-6-12-26-13-7-21/h4-7,12-13,16,23H,3,8-11,14-15,17-18H2,1-2H3,(H2,27,28,30). The van der Waals surface area contributed by atoms with Gasteiger partial charge in [-0.15, -0.1) is 0 Å². The monoisotopic (exact) mass is 406 g/mol. The van der Waals surface area contributed by atoms with Crippen molar-refractivity contribution in [3.8, 4) is 0 Å². The molecule has 0 unspecified atom stereocenters. The summed E-state index contributed by atoms with van der Waals surface area (Å²) in [6.07, 6.45) is 9.25. The zero-order valence-electron chi connectivity index (χ0n) is 18.3. The molecule has 0 spiro atoms. The molecule has 2 amide bonds. The number of aryl methyl sites for hydroxylation is 2. The van der Waals surface area contributed by atoms with Crippen LogP contribution < -0.4 is 10.6 Å². The molecule has 0 atom stereocenters. The van der Waals surface area contributed by atoms with Crippen LogP contribution in [-0.4, -0.2) is 41.6 Å². The van der Waals surface area contributed by atoms with Crippen molar-refractivity contribution in [3.63, 3.8) is 0 Å². The summed E-state index contributed by atoms with van der Waals surface area (Å²) in [4.78, 5) is 19.1. The van der Waals surface area contributed by atoms with E-state index in [1.807, 2.05) is 12.4 Å². The Kier molecular flexibility index (Phi) is 6.38. The fraction of sp³-hybridized carbons (Fsp3) is 0.520. The van der Waals surface area contributed by atoms with Crippen molar-refractivity contribution in [2.45, 2.75) is 64.0 Å². The molecule has 5 heteroatoms. The number of urea groups is 1. The molecule has 1 aromatic carbocycles. The highest BCUT2D eigenvalue weighted by molar-refractivity contribution is 5.74. The molecule has 30 heavy (non-hydrogen) atoms. The van der Waals surface area contributed by atoms with Crippen molar-refractivity contribution in [2.75, 3.05) is 19.6 Å². The summed E-state index contributed by atoms with van der Waals surface area (Å²) in [7, 11) is 0. The average molecular weight is 407 g/mol. The van der Waals surface area contributed by atoms with E-state index in [1.165, 1.54) is 28.7 Å². The largest absolute Gasteiger partial charge is 0.337 e. The third-order valence-electron chi connectivity index (χ3n) is 7.10. The number of hydrogen-bond donors (Lipinski definition) is 2. The van der Waals surface area contributed by atoms with Gasteiger partial charge in [0.25, 0.3) is 0 Å². The number of benzene rings is 1. The van der Waals surface area contributed by atoms with E-state index in [2.05, 4.69) is 64.7 Å². The minimum Gasteiger partial charge on any atom is -0.337 e. The molecule has 1 aliphatic heterocycles. The third kappa shape index (κ3) is 4.84. The van der Waals surface area contributed by atoms with Crippen LogP contribution in [0.3, 0.4) is 0 Å². The molecule has 2 fully saturated rings. The SMILES string of the molecule is Cc1ccc(C2(CNC(=O)NC3CCN(Cc4ccncc4)CC3)CCC2)cc1C. The summed E-state index contributed by atoms with van der Waals surface area (Å²) in [5.41, 5.74) is 5.45. The zero-order chi connectivity index (χ0) is 21.0. The lowest BCUT2D eigenvalue weighted by molar-refractivity contribution is 0.182. The molecule has 1 aliphatic carbocycles. The average Bonchev–Trinajstić information content (AvgIpc) is 2.72. The Bertz CT molecular complexity index is 855. The summed E-state index contributed by atoms with van der Waals surface area (Å²) >= 11 is 0. The lowest BCUT2D eigenvalue weighted by Crippen LogP contribution is -2.52. The summed E-state index contributed by atoms with van der Waals surface area (Å²) in [6, 6.07) is 11.2. The van der Waals surface area contributed by atoms with Gasteiger partial charge in [0.1, 0.15) is 0 Å². The van der Waals surface area contributed by atoms with Crippen LogP contribution in [0.25, 0.3) is 0 Å². The predicted molar refractivity (Wildman–Crippen MR) is 121 cm³/mol. The Morgan fingerprint density at radius 1 is 1.10 bits per heavy atom. The van der Waals surface area contributed by atoms with Crippen molar-refractivity contribution in [2.24, 2.45) is 0 Å². The van der Waals surface area contributed by atoms with E-state index in [9.17, 15) is 4.79 Å². The molecular weight excluding hydrogens is 372 g/mol. The second kappa shape index (κ2) is 9.17. The number of piperidine rings is 1. The van der Waals surface area contributed by atoms with Crippen molar-refractivity contribution < 1.29 is 4.79 Å². The molecule has 2 N–H and O–H groups in total. The Hall–Kier alpha value is -2.40. The van der Waals surface area contributed by atoms with Gasteiger partial charge in [-0.2, -0.15) is 0 Å². The lowest BCUT2D eigenvalue weighted by Gasteiger charge is -2.43. The van der Waals surface area contributed by atoms with Crippen LogP contribution in [0.2, 0.25) is 0 Å². The van der Waals surface area contributed by atoms with Gasteiger partial charge in [0.05, 0.1) is 0 Å². The van der Waals surface area contributed by atoms with Gasteiger partial charge in [-0.1, -0.05) is 24.6 Å². The van der Waals surface area contributed by atoms with E-state index >= 15 is 0 Å². The minimum atomic E-state index is -0.0160. The van der Waals surface area contributed by atoms with Crippen LogP contribution in [0.15, 0.2) is 42.7 Å². The smallest absolute Gasteiger partial charge is 0.315 e. The molecule has 2 heterocycles. The first-order valence-electron chi connectivity index (χ1n) is 11.3. The molecule has 1 aromatic heterocycles. The number of hydrogen-bond acceptors (Lipinski definition) is 3. The number of pyridine rings is 1. The highest BCUT2D eigenvalue weighted by Gasteiger charge is 2.39. The topological polar surface area (TPSA) is 57.3 Å². The first-order chi connectivity index (χ1) is 14.5. The van der Waals surface area contributed by atoms with Gasteiger partial charge >= 0.3 is 6.03 Å². The second-order valence-corrected chi connectivity index (χ2v) is 9.17. The normalized spacial score (nSPS) is 19.1. The molecule has 2 aromatic rings. The first kappa shape index (κ1) is 20.9. The fourth-order valence-corrected chi connectivity index (χ4v) is 4.71. The molecule has 5 nitrogen and oxygen atoms in total. The van der Waals surface area contributed by atoms with Crippen molar-refractivity contribution >= 4 is 6.03 Å². The van der Waals surface area contributed by atoms with E-state index in [-0.39, 0.29) is 17.5 Å².